The third-order valence-corrected chi connectivity index (χ3v) is 6.12. The Morgan fingerprint density at radius 2 is 1.39 bits per heavy atom. The maximum Gasteiger partial charge on any atom is 0.343 e. The zero-order valence-corrected chi connectivity index (χ0v) is 22.0. The highest BCUT2D eigenvalue weighted by Crippen LogP contribution is 2.22. The van der Waals surface area contributed by atoms with Crippen molar-refractivity contribution >= 4 is 11.7 Å². The second-order valence-corrected chi connectivity index (χ2v) is 9.12. The molecule has 0 amide bonds. The number of hydrogen-bond acceptors (Lipinski definition) is 5. The Bertz CT molecular complexity index is 1050. The van der Waals surface area contributed by atoms with Crippen molar-refractivity contribution in [1.29, 1.82) is 0 Å². The molecule has 3 aromatic rings. The van der Waals surface area contributed by atoms with Crippen LogP contribution in [0.15, 0.2) is 73.1 Å². The molecule has 0 aliphatic carbocycles. The van der Waals surface area contributed by atoms with Crippen molar-refractivity contribution in [2.24, 2.45) is 0 Å². The van der Waals surface area contributed by atoms with Gasteiger partial charge < -0.3 is 19.1 Å². The van der Waals surface area contributed by atoms with Crippen LogP contribution in [-0.4, -0.2) is 27.2 Å². The van der Waals surface area contributed by atoms with Crippen molar-refractivity contribution in [3.05, 3.63) is 78.6 Å². The van der Waals surface area contributed by atoms with Gasteiger partial charge in [0.1, 0.15) is 17.2 Å². The Labute approximate surface area is 215 Å². The number of carbonyl (C=O) groups is 1. The summed E-state index contributed by atoms with van der Waals surface area (Å²) in [5.41, 5.74) is 1.61. The molecule has 0 saturated carbocycles. The number of ether oxygens (including phenoxy) is 3. The monoisotopic (exact) mass is 491 g/mol. The van der Waals surface area contributed by atoms with E-state index < -0.39 is 5.97 Å². The minimum absolute atomic E-state index is 0.121. The molecule has 0 aliphatic heterocycles. The first-order valence-corrected chi connectivity index (χ1v) is 12.8. The van der Waals surface area contributed by atoms with Crippen LogP contribution in [0.25, 0.3) is 0 Å². The van der Waals surface area contributed by atoms with Gasteiger partial charge in [0.05, 0.1) is 12.7 Å². The number of pyridine rings is 1. The summed E-state index contributed by atoms with van der Waals surface area (Å²) in [6.07, 6.45) is 12.3. The van der Waals surface area contributed by atoms with E-state index in [2.05, 4.69) is 40.9 Å². The van der Waals surface area contributed by atoms with Crippen LogP contribution >= 0.6 is 0 Å². The largest absolute Gasteiger partial charge is 0.497 e. The number of benzene rings is 2. The smallest absolute Gasteiger partial charge is 0.343 e. The first kappa shape index (κ1) is 27.1. The maximum atomic E-state index is 12.6. The summed E-state index contributed by atoms with van der Waals surface area (Å²) >= 11 is 0. The van der Waals surface area contributed by atoms with Gasteiger partial charge in [-0.2, -0.15) is 4.57 Å². The van der Waals surface area contributed by atoms with Crippen LogP contribution in [-0.2, 0) is 0 Å². The van der Waals surface area contributed by atoms with Crippen LogP contribution in [0.2, 0.25) is 0 Å². The standard InChI is InChI=1S/C30H39N2O4/c1-5-6-7-8-9-10-11-29(32-22-20-25(21-23-32)31(2)3)35-27-14-12-24(13-15-27)30(33)36-28-18-16-26(34-4)17-19-28/h12-23,29H,5-11H2,1-4H3/q+1. The van der Waals surface area contributed by atoms with E-state index in [1.807, 2.05) is 26.2 Å². The van der Waals surface area contributed by atoms with Gasteiger partial charge in [0.25, 0.3) is 0 Å². The number of methoxy groups -OCH3 is 1. The zero-order chi connectivity index (χ0) is 25.8. The highest BCUT2D eigenvalue weighted by molar-refractivity contribution is 5.91. The summed E-state index contributed by atoms with van der Waals surface area (Å²) in [6, 6.07) is 18.2. The molecule has 0 bridgehead atoms. The Morgan fingerprint density at radius 1 is 0.806 bits per heavy atom. The molecule has 1 heterocycles. The van der Waals surface area contributed by atoms with Gasteiger partial charge in [0, 0.05) is 38.3 Å². The molecule has 0 aliphatic rings. The predicted octanol–water partition coefficient (Wildman–Crippen LogP) is 6.60. The lowest BCUT2D eigenvalue weighted by Gasteiger charge is -2.16. The van der Waals surface area contributed by atoms with Crippen molar-refractivity contribution in [2.75, 3.05) is 26.1 Å². The fourth-order valence-electron chi connectivity index (χ4n) is 3.92. The van der Waals surface area contributed by atoms with Gasteiger partial charge in [-0.05, 0) is 55.0 Å². The van der Waals surface area contributed by atoms with Crippen LogP contribution in [0.3, 0.4) is 0 Å². The van der Waals surface area contributed by atoms with Crippen LogP contribution in [0.1, 0.15) is 68.5 Å². The Morgan fingerprint density at radius 3 is 2.00 bits per heavy atom. The third kappa shape index (κ3) is 8.29. The first-order chi connectivity index (χ1) is 17.5. The lowest BCUT2D eigenvalue weighted by molar-refractivity contribution is -0.754. The van der Waals surface area contributed by atoms with Crippen LogP contribution in [0, 0.1) is 0 Å². The Hall–Kier alpha value is -3.54. The number of hydrogen-bond donors (Lipinski definition) is 0. The predicted molar refractivity (Wildman–Crippen MR) is 143 cm³/mol. The number of rotatable bonds is 14. The molecule has 6 heteroatoms. The molecule has 0 N–H and O–H groups in total. The van der Waals surface area contributed by atoms with Crippen LogP contribution < -0.4 is 23.7 Å². The van der Waals surface area contributed by atoms with E-state index in [-0.39, 0.29) is 6.23 Å². The number of aromatic nitrogens is 1. The topological polar surface area (TPSA) is 51.9 Å². The van der Waals surface area contributed by atoms with Gasteiger partial charge in [-0.15, -0.1) is 0 Å². The number of esters is 1. The van der Waals surface area contributed by atoms with E-state index in [0.717, 1.165) is 24.3 Å². The van der Waals surface area contributed by atoms with Crippen molar-refractivity contribution < 1.29 is 23.6 Å². The zero-order valence-electron chi connectivity index (χ0n) is 22.0. The summed E-state index contributed by atoms with van der Waals surface area (Å²) in [4.78, 5) is 14.6. The van der Waals surface area contributed by atoms with Crippen molar-refractivity contribution in [1.82, 2.24) is 0 Å². The maximum absolute atomic E-state index is 12.6. The fraction of sp³-hybridized carbons (Fsp3) is 0.400. The van der Waals surface area contributed by atoms with Gasteiger partial charge in [0.2, 0.25) is 0 Å². The molecule has 36 heavy (non-hydrogen) atoms. The summed E-state index contributed by atoms with van der Waals surface area (Å²) in [5, 5.41) is 0. The van der Waals surface area contributed by atoms with Crippen molar-refractivity contribution in [3.63, 3.8) is 0 Å². The van der Waals surface area contributed by atoms with E-state index in [1.165, 1.54) is 32.1 Å². The van der Waals surface area contributed by atoms with Crippen molar-refractivity contribution in [2.45, 2.75) is 58.1 Å². The summed E-state index contributed by atoms with van der Waals surface area (Å²) in [7, 11) is 5.66. The molecule has 3 rings (SSSR count). The van der Waals surface area contributed by atoms with Crippen LogP contribution in [0.4, 0.5) is 5.69 Å². The Kier molecular flexibility index (Phi) is 10.6. The van der Waals surface area contributed by atoms with Crippen molar-refractivity contribution in [3.8, 4) is 17.2 Å². The van der Waals surface area contributed by atoms with E-state index in [0.29, 0.717) is 17.1 Å². The normalized spacial score (nSPS) is 11.6. The average molecular weight is 492 g/mol. The van der Waals surface area contributed by atoms with E-state index >= 15 is 0 Å². The van der Waals surface area contributed by atoms with Crippen LogP contribution in [0.5, 0.6) is 17.2 Å². The van der Waals surface area contributed by atoms with Gasteiger partial charge in [-0.3, -0.25) is 0 Å². The van der Waals surface area contributed by atoms with Gasteiger partial charge >= 0.3 is 12.2 Å². The molecule has 6 nitrogen and oxygen atoms in total. The summed E-state index contributed by atoms with van der Waals surface area (Å²) in [6.45, 7) is 2.24. The lowest BCUT2D eigenvalue weighted by atomic mass is 10.1. The molecule has 1 unspecified atom stereocenters. The lowest BCUT2D eigenvalue weighted by Crippen LogP contribution is -2.42. The molecular weight excluding hydrogens is 452 g/mol. The number of carbonyl (C=O) groups excluding carboxylic acids is 1. The average Bonchev–Trinajstić information content (AvgIpc) is 2.90. The molecule has 0 fully saturated rings. The second-order valence-electron chi connectivity index (χ2n) is 9.12. The van der Waals surface area contributed by atoms with E-state index in [1.54, 1.807) is 43.5 Å². The van der Waals surface area contributed by atoms with E-state index in [4.69, 9.17) is 14.2 Å². The minimum atomic E-state index is -0.413. The summed E-state index contributed by atoms with van der Waals surface area (Å²) < 4.78 is 19.1. The Balaban J connectivity index is 1.64. The number of nitrogens with zero attached hydrogens (tertiary/aromatic N) is 2. The van der Waals surface area contributed by atoms with Gasteiger partial charge in [-0.25, -0.2) is 4.79 Å². The number of unbranched alkanes of at least 4 members (excludes halogenated alkanes) is 5. The van der Waals surface area contributed by atoms with Gasteiger partial charge in [0.15, 0.2) is 12.4 Å². The van der Waals surface area contributed by atoms with Gasteiger partial charge in [-0.1, -0.05) is 39.0 Å². The molecule has 1 aromatic heterocycles. The first-order valence-electron chi connectivity index (χ1n) is 12.8. The molecule has 2 aromatic carbocycles. The molecule has 0 radical (unpaired) electrons. The molecule has 0 spiro atoms. The molecule has 0 saturated heterocycles. The second kappa shape index (κ2) is 14.1. The number of anilines is 1. The highest BCUT2D eigenvalue weighted by atomic mass is 16.5. The highest BCUT2D eigenvalue weighted by Gasteiger charge is 2.20. The molecular formula is C30H39N2O4+. The minimum Gasteiger partial charge on any atom is -0.497 e. The van der Waals surface area contributed by atoms with E-state index in [9.17, 15) is 4.79 Å². The SMILES string of the molecule is CCCCCCCCC(Oc1ccc(C(=O)Oc2ccc(OC)cc2)cc1)[n+]1ccc(N(C)C)cc1. The molecule has 1 atom stereocenters. The fourth-order valence-corrected chi connectivity index (χ4v) is 3.92. The molecule has 192 valence electrons. The quantitative estimate of drug-likeness (QED) is 0.110. The third-order valence-electron chi connectivity index (χ3n) is 6.12. The summed E-state index contributed by atoms with van der Waals surface area (Å²) in [5.74, 6) is 1.49.